The number of hydrogen-bond donors (Lipinski definition) is 0. The minimum Gasteiger partial charge on any atom is -0.496 e. The van der Waals surface area contributed by atoms with Crippen molar-refractivity contribution in [1.82, 2.24) is 0 Å². The molecule has 0 aromatic heterocycles. The zero-order valence-electron chi connectivity index (χ0n) is 16.8. The third-order valence-corrected chi connectivity index (χ3v) is 4.56. The van der Waals surface area contributed by atoms with E-state index < -0.39 is 18.5 Å². The maximum absolute atomic E-state index is 12.8. The molecule has 0 N–H and O–H groups in total. The third kappa shape index (κ3) is 4.81. The molecule has 0 saturated heterocycles. The number of nitrogens with zero attached hydrogens (tertiary/aromatic N) is 2. The molecule has 8 nitrogen and oxygen atoms in total. The fourth-order valence-corrected chi connectivity index (χ4v) is 3.00. The van der Waals surface area contributed by atoms with Gasteiger partial charge < -0.3 is 23.8 Å². The molecule has 0 atom stereocenters. The van der Waals surface area contributed by atoms with Crippen molar-refractivity contribution in [3.8, 4) is 23.3 Å². The summed E-state index contributed by atoms with van der Waals surface area (Å²) in [6.07, 6.45) is 0.128. The summed E-state index contributed by atoms with van der Waals surface area (Å²) < 4.78 is 21.5. The molecular formula is C22H22N2O6. The predicted octanol–water partition coefficient (Wildman–Crippen LogP) is 2.88. The lowest BCUT2D eigenvalue weighted by atomic mass is 10.1. The van der Waals surface area contributed by atoms with Gasteiger partial charge in [0.25, 0.3) is 5.91 Å². The zero-order chi connectivity index (χ0) is 21.5. The number of aryl methyl sites for hydroxylation is 1. The van der Waals surface area contributed by atoms with Gasteiger partial charge in [-0.2, -0.15) is 5.26 Å². The first-order valence-corrected chi connectivity index (χ1v) is 9.42. The summed E-state index contributed by atoms with van der Waals surface area (Å²) in [7, 11) is 1.52. The van der Waals surface area contributed by atoms with Crippen LogP contribution in [0.25, 0.3) is 0 Å². The quantitative estimate of drug-likeness (QED) is 0.647. The van der Waals surface area contributed by atoms with Gasteiger partial charge in [-0.15, -0.1) is 0 Å². The molecule has 0 aliphatic carbocycles. The number of carbonyl (C=O) groups is 2. The largest absolute Gasteiger partial charge is 0.496 e. The molecule has 3 rings (SSSR count). The minimum absolute atomic E-state index is 0.128. The van der Waals surface area contributed by atoms with E-state index in [0.29, 0.717) is 36.1 Å². The molecule has 8 heteroatoms. The fraction of sp³-hybridized carbons (Fsp3) is 0.318. The van der Waals surface area contributed by atoms with Crippen molar-refractivity contribution in [1.29, 1.82) is 5.26 Å². The highest BCUT2D eigenvalue weighted by molar-refractivity contribution is 5.97. The van der Waals surface area contributed by atoms with E-state index in [0.717, 1.165) is 5.56 Å². The molecule has 0 bridgehead atoms. The summed E-state index contributed by atoms with van der Waals surface area (Å²) in [5, 5.41) is 8.94. The topological polar surface area (TPSA) is 98.1 Å². The van der Waals surface area contributed by atoms with Crippen LogP contribution in [0.2, 0.25) is 0 Å². The van der Waals surface area contributed by atoms with E-state index in [1.807, 2.05) is 13.0 Å². The van der Waals surface area contributed by atoms with Crippen LogP contribution in [-0.4, -0.2) is 45.4 Å². The van der Waals surface area contributed by atoms with E-state index >= 15 is 0 Å². The Bertz CT molecular complexity index is 982. The summed E-state index contributed by atoms with van der Waals surface area (Å²) >= 11 is 0. The molecule has 0 unspecified atom stereocenters. The number of ether oxygens (including phenoxy) is 4. The van der Waals surface area contributed by atoms with Crippen molar-refractivity contribution >= 4 is 17.6 Å². The Morgan fingerprint density at radius 3 is 2.63 bits per heavy atom. The molecular weight excluding hydrogens is 388 g/mol. The fourth-order valence-electron chi connectivity index (χ4n) is 3.00. The second-order valence-corrected chi connectivity index (χ2v) is 6.54. The van der Waals surface area contributed by atoms with Crippen molar-refractivity contribution in [2.75, 3.05) is 38.4 Å². The van der Waals surface area contributed by atoms with Gasteiger partial charge in [0, 0.05) is 18.3 Å². The van der Waals surface area contributed by atoms with Gasteiger partial charge in [-0.25, -0.2) is 4.79 Å². The Hall–Kier alpha value is -3.73. The van der Waals surface area contributed by atoms with Gasteiger partial charge in [-0.1, -0.05) is 6.07 Å². The van der Waals surface area contributed by atoms with E-state index in [9.17, 15) is 9.59 Å². The molecule has 1 amide bonds. The van der Waals surface area contributed by atoms with Gasteiger partial charge in [-0.05, 0) is 36.8 Å². The third-order valence-electron chi connectivity index (χ3n) is 4.56. The van der Waals surface area contributed by atoms with Gasteiger partial charge in [0.2, 0.25) is 0 Å². The van der Waals surface area contributed by atoms with Crippen LogP contribution < -0.4 is 19.1 Å². The van der Waals surface area contributed by atoms with Crippen LogP contribution in [0, 0.1) is 18.3 Å². The SMILES string of the molecule is COc1cc(C(=O)OCC(=O)N(CCC#N)c2ccc3c(c2)OCCO3)ccc1C. The van der Waals surface area contributed by atoms with Crippen LogP contribution in [0.15, 0.2) is 36.4 Å². The van der Waals surface area contributed by atoms with Gasteiger partial charge in [0.15, 0.2) is 18.1 Å². The summed E-state index contributed by atoms with van der Waals surface area (Å²) in [4.78, 5) is 26.5. The van der Waals surface area contributed by atoms with E-state index in [2.05, 4.69) is 0 Å². The highest BCUT2D eigenvalue weighted by Crippen LogP contribution is 2.34. The number of rotatable bonds is 7. The molecule has 2 aromatic rings. The number of esters is 1. The van der Waals surface area contributed by atoms with Crippen LogP contribution in [0.5, 0.6) is 17.2 Å². The van der Waals surface area contributed by atoms with Crippen LogP contribution in [0.3, 0.4) is 0 Å². The van der Waals surface area contributed by atoms with E-state index in [1.54, 1.807) is 36.4 Å². The van der Waals surface area contributed by atoms with Crippen LogP contribution >= 0.6 is 0 Å². The van der Waals surface area contributed by atoms with Crippen molar-refractivity contribution in [3.63, 3.8) is 0 Å². The molecule has 1 aliphatic heterocycles. The van der Waals surface area contributed by atoms with Gasteiger partial charge in [0.1, 0.15) is 19.0 Å². The lowest BCUT2D eigenvalue weighted by molar-refractivity contribution is -0.121. The number of anilines is 1. The molecule has 1 heterocycles. The van der Waals surface area contributed by atoms with E-state index in [-0.39, 0.29) is 18.5 Å². The van der Waals surface area contributed by atoms with Crippen molar-refractivity contribution in [2.45, 2.75) is 13.3 Å². The van der Waals surface area contributed by atoms with Gasteiger partial charge in [-0.3, -0.25) is 4.79 Å². The first kappa shape index (κ1) is 21.0. The Morgan fingerprint density at radius 1 is 1.13 bits per heavy atom. The monoisotopic (exact) mass is 410 g/mol. The Kier molecular flexibility index (Phi) is 6.75. The van der Waals surface area contributed by atoms with Crippen LogP contribution in [-0.2, 0) is 9.53 Å². The van der Waals surface area contributed by atoms with E-state index in [4.69, 9.17) is 24.2 Å². The molecule has 1 aliphatic rings. The van der Waals surface area contributed by atoms with Gasteiger partial charge in [0.05, 0.1) is 25.2 Å². The second-order valence-electron chi connectivity index (χ2n) is 6.54. The normalized spacial score (nSPS) is 11.9. The number of carbonyl (C=O) groups excluding carboxylic acids is 2. The Morgan fingerprint density at radius 2 is 1.90 bits per heavy atom. The first-order valence-electron chi connectivity index (χ1n) is 9.42. The van der Waals surface area contributed by atoms with Crippen molar-refractivity contribution in [2.24, 2.45) is 0 Å². The number of fused-ring (bicyclic) bond motifs is 1. The second kappa shape index (κ2) is 9.65. The average Bonchev–Trinajstić information content (AvgIpc) is 2.77. The average molecular weight is 410 g/mol. The minimum atomic E-state index is -0.635. The predicted molar refractivity (Wildman–Crippen MR) is 108 cm³/mol. The number of benzene rings is 2. The van der Waals surface area contributed by atoms with Crippen molar-refractivity contribution < 1.29 is 28.5 Å². The Labute approximate surface area is 174 Å². The molecule has 0 saturated carbocycles. The number of methoxy groups -OCH3 is 1. The zero-order valence-corrected chi connectivity index (χ0v) is 16.8. The number of amides is 1. The molecule has 0 fully saturated rings. The summed E-state index contributed by atoms with van der Waals surface area (Å²) in [6.45, 7) is 2.43. The maximum atomic E-state index is 12.8. The number of nitriles is 1. The standard InChI is InChI=1S/C22H22N2O6/c1-15-4-5-16(12-19(15)27-2)22(26)30-14-21(25)24(9-3-8-23)17-6-7-18-20(13-17)29-11-10-28-18/h4-7,12-13H,3,9-11,14H2,1-2H3. The van der Waals surface area contributed by atoms with Crippen LogP contribution in [0.1, 0.15) is 22.3 Å². The summed E-state index contributed by atoms with van der Waals surface area (Å²) in [5.74, 6) is 0.593. The van der Waals surface area contributed by atoms with E-state index in [1.165, 1.54) is 12.0 Å². The Balaban J connectivity index is 1.71. The first-order chi connectivity index (χ1) is 14.5. The number of hydrogen-bond acceptors (Lipinski definition) is 7. The summed E-state index contributed by atoms with van der Waals surface area (Å²) in [6, 6.07) is 12.0. The summed E-state index contributed by atoms with van der Waals surface area (Å²) in [5.41, 5.74) is 1.70. The lowest BCUT2D eigenvalue weighted by Gasteiger charge is -2.24. The molecule has 156 valence electrons. The molecule has 30 heavy (non-hydrogen) atoms. The van der Waals surface area contributed by atoms with Crippen LogP contribution in [0.4, 0.5) is 5.69 Å². The van der Waals surface area contributed by atoms with Crippen molar-refractivity contribution in [3.05, 3.63) is 47.5 Å². The smallest absolute Gasteiger partial charge is 0.338 e. The maximum Gasteiger partial charge on any atom is 0.338 e. The highest BCUT2D eigenvalue weighted by Gasteiger charge is 2.21. The lowest BCUT2D eigenvalue weighted by Crippen LogP contribution is -2.35. The van der Waals surface area contributed by atoms with Gasteiger partial charge >= 0.3 is 5.97 Å². The highest BCUT2D eigenvalue weighted by atomic mass is 16.6. The molecule has 0 radical (unpaired) electrons. The molecule has 0 spiro atoms. The molecule has 2 aromatic carbocycles.